The fourth-order valence-electron chi connectivity index (χ4n) is 3.56. The minimum Gasteiger partial charge on any atom is -0.497 e. The molecule has 1 fully saturated rings. The van der Waals surface area contributed by atoms with Gasteiger partial charge in [0, 0.05) is 18.7 Å². The summed E-state index contributed by atoms with van der Waals surface area (Å²) >= 11 is 0. The maximum Gasteiger partial charge on any atom is 0.259 e. The highest BCUT2D eigenvalue weighted by atomic mass is 16.5. The molecule has 0 spiro atoms. The van der Waals surface area contributed by atoms with Gasteiger partial charge in [0.2, 0.25) is 0 Å². The predicted octanol–water partition coefficient (Wildman–Crippen LogP) is 4.08. The van der Waals surface area contributed by atoms with Crippen molar-refractivity contribution in [3.8, 4) is 17.0 Å². The van der Waals surface area contributed by atoms with Gasteiger partial charge in [0.1, 0.15) is 5.75 Å². The Hall–Kier alpha value is -2.89. The molecule has 4 rings (SSSR count). The lowest BCUT2D eigenvalue weighted by Gasteiger charge is -2.30. The standard InChI is InChI=1S/C21H23N3O3/c1-13-8-10-24(11-9-13)21(25)17-12-18(15-4-6-16(26-3)7-5-15)22-20-19(17)14(2)23-27-20/h4-7,12-13H,8-11H2,1-3H3. The number of nitrogens with zero attached hydrogens (tertiary/aromatic N) is 3. The number of carbonyl (C=O) groups is 1. The topological polar surface area (TPSA) is 68.5 Å². The third-order valence-electron chi connectivity index (χ3n) is 5.30. The molecule has 0 saturated carbocycles. The molecule has 1 aliphatic heterocycles. The lowest BCUT2D eigenvalue weighted by Crippen LogP contribution is -2.38. The molecule has 3 heterocycles. The molecule has 140 valence electrons. The molecule has 1 amide bonds. The van der Waals surface area contributed by atoms with Crippen molar-refractivity contribution in [2.45, 2.75) is 26.7 Å². The number of carbonyl (C=O) groups excluding carboxylic acids is 1. The highest BCUT2D eigenvalue weighted by molar-refractivity contribution is 6.07. The molecule has 1 aromatic carbocycles. The second-order valence-electron chi connectivity index (χ2n) is 7.21. The maximum absolute atomic E-state index is 13.3. The molecular weight excluding hydrogens is 342 g/mol. The molecule has 1 saturated heterocycles. The van der Waals surface area contributed by atoms with E-state index < -0.39 is 0 Å². The summed E-state index contributed by atoms with van der Waals surface area (Å²) in [5.41, 5.74) is 3.28. The van der Waals surface area contributed by atoms with Gasteiger partial charge in [0.25, 0.3) is 11.6 Å². The lowest BCUT2D eigenvalue weighted by atomic mass is 9.98. The fraction of sp³-hybridized carbons (Fsp3) is 0.381. The molecule has 27 heavy (non-hydrogen) atoms. The van der Waals surface area contributed by atoms with Gasteiger partial charge in [-0.3, -0.25) is 4.79 Å². The molecule has 0 N–H and O–H groups in total. The first-order valence-electron chi connectivity index (χ1n) is 9.27. The van der Waals surface area contributed by atoms with Crippen LogP contribution in [-0.4, -0.2) is 41.1 Å². The van der Waals surface area contributed by atoms with Crippen molar-refractivity contribution in [2.75, 3.05) is 20.2 Å². The monoisotopic (exact) mass is 365 g/mol. The minimum atomic E-state index is 0.0235. The van der Waals surface area contributed by atoms with Crippen molar-refractivity contribution in [3.63, 3.8) is 0 Å². The molecule has 0 unspecified atom stereocenters. The number of hydrogen-bond acceptors (Lipinski definition) is 5. The molecule has 3 aromatic rings. The van der Waals surface area contributed by atoms with Gasteiger partial charge < -0.3 is 14.2 Å². The second-order valence-corrected chi connectivity index (χ2v) is 7.21. The first-order chi connectivity index (χ1) is 13.1. The van der Waals surface area contributed by atoms with Gasteiger partial charge in [-0.25, -0.2) is 4.98 Å². The number of likely N-dealkylation sites (tertiary alicyclic amines) is 1. The molecule has 2 aromatic heterocycles. The van der Waals surface area contributed by atoms with Gasteiger partial charge in [-0.15, -0.1) is 0 Å². The molecule has 0 bridgehead atoms. The number of piperidine rings is 1. The van der Waals surface area contributed by atoms with Crippen LogP contribution >= 0.6 is 0 Å². The van der Waals surface area contributed by atoms with E-state index in [-0.39, 0.29) is 5.91 Å². The molecule has 0 aliphatic carbocycles. The van der Waals surface area contributed by atoms with Crippen molar-refractivity contribution in [2.24, 2.45) is 5.92 Å². The largest absolute Gasteiger partial charge is 0.497 e. The molecule has 6 nitrogen and oxygen atoms in total. The number of pyridine rings is 1. The normalized spacial score (nSPS) is 15.3. The summed E-state index contributed by atoms with van der Waals surface area (Å²) in [4.78, 5) is 19.8. The van der Waals surface area contributed by atoms with Crippen LogP contribution in [-0.2, 0) is 0 Å². The number of rotatable bonds is 3. The van der Waals surface area contributed by atoms with Gasteiger partial charge in [-0.2, -0.15) is 0 Å². The Balaban J connectivity index is 1.78. The van der Waals surface area contributed by atoms with Crippen LogP contribution in [0, 0.1) is 12.8 Å². The van der Waals surface area contributed by atoms with Crippen LogP contribution in [0.4, 0.5) is 0 Å². The van der Waals surface area contributed by atoms with Crippen molar-refractivity contribution in [1.29, 1.82) is 0 Å². The first kappa shape index (κ1) is 17.5. The summed E-state index contributed by atoms with van der Waals surface area (Å²) < 4.78 is 10.6. The number of fused-ring (bicyclic) bond motifs is 1. The van der Waals surface area contributed by atoms with E-state index in [1.54, 1.807) is 7.11 Å². The first-order valence-corrected chi connectivity index (χ1v) is 9.27. The molecular formula is C21H23N3O3. The zero-order valence-electron chi connectivity index (χ0n) is 15.9. The van der Waals surface area contributed by atoms with E-state index in [2.05, 4.69) is 17.1 Å². The lowest BCUT2D eigenvalue weighted by molar-refractivity contribution is 0.0699. The Labute approximate surface area is 158 Å². The summed E-state index contributed by atoms with van der Waals surface area (Å²) in [6, 6.07) is 9.45. The van der Waals surface area contributed by atoms with E-state index in [9.17, 15) is 4.79 Å². The van der Waals surface area contributed by atoms with E-state index >= 15 is 0 Å². The average molecular weight is 365 g/mol. The smallest absolute Gasteiger partial charge is 0.259 e. The van der Waals surface area contributed by atoms with Gasteiger partial charge in [-0.1, -0.05) is 12.1 Å². The van der Waals surface area contributed by atoms with Gasteiger partial charge in [0.05, 0.1) is 29.4 Å². The van der Waals surface area contributed by atoms with Crippen LogP contribution in [0.2, 0.25) is 0 Å². The predicted molar refractivity (Wildman–Crippen MR) is 103 cm³/mol. The second kappa shape index (κ2) is 7.02. The molecule has 0 radical (unpaired) electrons. The van der Waals surface area contributed by atoms with Crippen LogP contribution in [0.15, 0.2) is 34.9 Å². The highest BCUT2D eigenvalue weighted by Crippen LogP contribution is 2.29. The third kappa shape index (κ3) is 3.27. The Kier molecular flexibility index (Phi) is 4.56. The van der Waals surface area contributed by atoms with Crippen molar-refractivity contribution in [1.82, 2.24) is 15.0 Å². The highest BCUT2D eigenvalue weighted by Gasteiger charge is 2.26. The zero-order chi connectivity index (χ0) is 19.0. The van der Waals surface area contributed by atoms with E-state index in [1.807, 2.05) is 42.2 Å². The van der Waals surface area contributed by atoms with Crippen LogP contribution in [0.5, 0.6) is 5.75 Å². The minimum absolute atomic E-state index is 0.0235. The third-order valence-corrected chi connectivity index (χ3v) is 5.30. The number of hydrogen-bond donors (Lipinski definition) is 0. The van der Waals surface area contributed by atoms with Gasteiger partial charge in [0.15, 0.2) is 0 Å². The van der Waals surface area contributed by atoms with Crippen LogP contribution < -0.4 is 4.74 Å². The summed E-state index contributed by atoms with van der Waals surface area (Å²) in [5.74, 6) is 1.46. The number of benzene rings is 1. The molecule has 1 aliphatic rings. The summed E-state index contributed by atoms with van der Waals surface area (Å²) in [6.45, 7) is 5.64. The fourth-order valence-corrected chi connectivity index (χ4v) is 3.56. The van der Waals surface area contributed by atoms with E-state index in [1.165, 1.54) is 0 Å². The summed E-state index contributed by atoms with van der Waals surface area (Å²) in [5, 5.41) is 4.73. The van der Waals surface area contributed by atoms with Gasteiger partial charge in [-0.05, 0) is 56.0 Å². The number of methoxy groups -OCH3 is 1. The van der Waals surface area contributed by atoms with E-state index in [4.69, 9.17) is 9.26 Å². The van der Waals surface area contributed by atoms with Crippen LogP contribution in [0.1, 0.15) is 35.8 Å². The van der Waals surface area contributed by atoms with Crippen LogP contribution in [0.3, 0.4) is 0 Å². The average Bonchev–Trinajstić information content (AvgIpc) is 3.08. The Bertz CT molecular complexity index is 970. The number of amides is 1. The Morgan fingerprint density at radius 2 is 1.93 bits per heavy atom. The van der Waals surface area contributed by atoms with Gasteiger partial charge >= 0.3 is 0 Å². The Morgan fingerprint density at radius 3 is 2.59 bits per heavy atom. The molecule has 6 heteroatoms. The van der Waals surface area contributed by atoms with Crippen LogP contribution in [0.25, 0.3) is 22.4 Å². The molecule has 0 atom stereocenters. The van der Waals surface area contributed by atoms with Crippen molar-refractivity contribution >= 4 is 17.0 Å². The zero-order valence-corrected chi connectivity index (χ0v) is 15.9. The summed E-state index contributed by atoms with van der Waals surface area (Å²) in [6.07, 6.45) is 2.07. The van der Waals surface area contributed by atoms with Crippen molar-refractivity contribution < 1.29 is 14.1 Å². The Morgan fingerprint density at radius 1 is 1.22 bits per heavy atom. The number of aromatic nitrogens is 2. The quantitative estimate of drug-likeness (QED) is 0.699. The van der Waals surface area contributed by atoms with E-state index in [0.717, 1.165) is 37.2 Å². The number of aryl methyl sites for hydroxylation is 1. The SMILES string of the molecule is COc1ccc(-c2cc(C(=O)N3CCC(C)CC3)c3c(C)noc3n2)cc1. The van der Waals surface area contributed by atoms with E-state index in [0.29, 0.717) is 34.0 Å². The number of ether oxygens (including phenoxy) is 1. The summed E-state index contributed by atoms with van der Waals surface area (Å²) in [7, 11) is 1.63. The van der Waals surface area contributed by atoms with Crippen molar-refractivity contribution in [3.05, 3.63) is 41.6 Å². The maximum atomic E-state index is 13.3.